The van der Waals surface area contributed by atoms with Crippen molar-refractivity contribution in [3.63, 3.8) is 0 Å². The number of thiocarbonyl (C=S) groups is 1. The predicted octanol–water partition coefficient (Wildman–Crippen LogP) is 5.14. The van der Waals surface area contributed by atoms with Crippen LogP contribution < -0.4 is 10.1 Å². The highest BCUT2D eigenvalue weighted by Crippen LogP contribution is 2.26. The van der Waals surface area contributed by atoms with Gasteiger partial charge in [-0.05, 0) is 67.4 Å². The van der Waals surface area contributed by atoms with Gasteiger partial charge in [-0.2, -0.15) is 0 Å². The predicted molar refractivity (Wildman–Crippen MR) is 117 cm³/mol. The second kappa shape index (κ2) is 9.53. The zero-order chi connectivity index (χ0) is 19.2. The van der Waals surface area contributed by atoms with Crippen LogP contribution in [0.4, 0.5) is 5.69 Å². The van der Waals surface area contributed by atoms with E-state index >= 15 is 0 Å². The highest BCUT2D eigenvalue weighted by molar-refractivity contribution is 9.10. The van der Waals surface area contributed by atoms with Gasteiger partial charge >= 0.3 is 0 Å². The van der Waals surface area contributed by atoms with Crippen molar-refractivity contribution in [2.24, 2.45) is 0 Å². The molecule has 0 radical (unpaired) electrons. The van der Waals surface area contributed by atoms with Gasteiger partial charge in [-0.15, -0.1) is 0 Å². The normalized spacial score (nSPS) is 16.2. The molecule has 3 rings (SSSR count). The molecule has 1 aliphatic heterocycles. The quantitative estimate of drug-likeness (QED) is 0.618. The van der Waals surface area contributed by atoms with E-state index in [1.165, 1.54) is 5.56 Å². The average molecular weight is 449 g/mol. The number of nitrogens with zero attached hydrogens (tertiary/aromatic N) is 1. The summed E-state index contributed by atoms with van der Waals surface area (Å²) in [5.41, 5.74) is 3.23. The van der Waals surface area contributed by atoms with Gasteiger partial charge in [0.25, 0.3) is 0 Å². The van der Waals surface area contributed by atoms with E-state index in [4.69, 9.17) is 21.7 Å². The summed E-state index contributed by atoms with van der Waals surface area (Å²) in [7, 11) is 1.68. The molecule has 0 saturated carbocycles. The number of methoxy groups -OCH3 is 1. The fourth-order valence-corrected chi connectivity index (χ4v) is 3.67. The van der Waals surface area contributed by atoms with Crippen molar-refractivity contribution in [1.82, 2.24) is 4.90 Å². The van der Waals surface area contributed by atoms with Gasteiger partial charge in [-0.1, -0.05) is 34.1 Å². The molecule has 1 heterocycles. The lowest BCUT2D eigenvalue weighted by atomic mass is 10.2. The van der Waals surface area contributed by atoms with Gasteiger partial charge in [0.1, 0.15) is 5.75 Å². The van der Waals surface area contributed by atoms with Gasteiger partial charge in [0, 0.05) is 24.2 Å². The molecule has 1 unspecified atom stereocenters. The number of hydrogen-bond donors (Lipinski definition) is 1. The lowest BCUT2D eigenvalue weighted by Gasteiger charge is -2.29. The van der Waals surface area contributed by atoms with Crippen molar-refractivity contribution in [2.45, 2.75) is 32.4 Å². The van der Waals surface area contributed by atoms with Crippen LogP contribution in [0.15, 0.2) is 46.9 Å². The number of hydrogen-bond acceptors (Lipinski definition) is 3. The summed E-state index contributed by atoms with van der Waals surface area (Å²) in [5.74, 6) is 0.790. The molecule has 1 N–H and O–H groups in total. The number of rotatable bonds is 6. The molecule has 1 saturated heterocycles. The Labute approximate surface area is 175 Å². The van der Waals surface area contributed by atoms with Crippen molar-refractivity contribution in [1.29, 1.82) is 0 Å². The fraction of sp³-hybridized carbons (Fsp3) is 0.381. The van der Waals surface area contributed by atoms with Crippen molar-refractivity contribution in [3.8, 4) is 5.75 Å². The Hall–Kier alpha value is -1.63. The summed E-state index contributed by atoms with van der Waals surface area (Å²) in [6, 6.07) is 14.4. The van der Waals surface area contributed by atoms with Crippen molar-refractivity contribution in [3.05, 3.63) is 58.1 Å². The molecule has 144 valence electrons. The third-order valence-electron chi connectivity index (χ3n) is 4.62. The van der Waals surface area contributed by atoms with Crippen molar-refractivity contribution in [2.75, 3.05) is 25.6 Å². The first-order valence-electron chi connectivity index (χ1n) is 9.12. The van der Waals surface area contributed by atoms with E-state index in [9.17, 15) is 0 Å². The van der Waals surface area contributed by atoms with E-state index in [-0.39, 0.29) is 6.10 Å². The number of benzene rings is 2. The maximum Gasteiger partial charge on any atom is 0.173 e. The van der Waals surface area contributed by atoms with E-state index in [1.807, 2.05) is 25.1 Å². The third kappa shape index (κ3) is 5.67. The molecule has 6 heteroatoms. The summed E-state index contributed by atoms with van der Waals surface area (Å²) in [6.45, 7) is 4.38. The van der Waals surface area contributed by atoms with Crippen LogP contribution in [-0.2, 0) is 11.3 Å². The molecule has 1 aliphatic rings. The van der Waals surface area contributed by atoms with Gasteiger partial charge < -0.3 is 19.7 Å². The maximum atomic E-state index is 5.84. The highest BCUT2D eigenvalue weighted by atomic mass is 79.9. The maximum absolute atomic E-state index is 5.84. The molecule has 0 bridgehead atoms. The smallest absolute Gasteiger partial charge is 0.173 e. The first kappa shape index (κ1) is 20.1. The van der Waals surface area contributed by atoms with Crippen LogP contribution in [0.5, 0.6) is 5.75 Å². The minimum atomic E-state index is 0.222. The van der Waals surface area contributed by atoms with E-state index in [1.54, 1.807) is 7.11 Å². The number of aryl methyl sites for hydroxylation is 1. The summed E-state index contributed by atoms with van der Waals surface area (Å²) in [6.07, 6.45) is 2.41. The summed E-state index contributed by atoms with van der Waals surface area (Å²) in [4.78, 5) is 2.17. The van der Waals surface area contributed by atoms with Crippen LogP contribution >= 0.6 is 28.1 Å². The highest BCUT2D eigenvalue weighted by Gasteiger charge is 2.21. The van der Waals surface area contributed by atoms with Crippen LogP contribution in [0, 0.1) is 6.92 Å². The largest absolute Gasteiger partial charge is 0.495 e. The van der Waals surface area contributed by atoms with Crippen LogP contribution in [0.25, 0.3) is 0 Å². The van der Waals surface area contributed by atoms with Crippen LogP contribution in [0.1, 0.15) is 24.0 Å². The van der Waals surface area contributed by atoms with E-state index < -0.39 is 0 Å². The molecule has 2 aromatic carbocycles. The Bertz CT molecular complexity index is 776. The zero-order valence-corrected chi connectivity index (χ0v) is 18.1. The Morgan fingerprint density at radius 3 is 2.74 bits per heavy atom. The van der Waals surface area contributed by atoms with Crippen molar-refractivity contribution < 1.29 is 9.47 Å². The van der Waals surface area contributed by atoms with Gasteiger partial charge in [0.2, 0.25) is 0 Å². The third-order valence-corrected chi connectivity index (χ3v) is 5.51. The van der Waals surface area contributed by atoms with E-state index in [0.717, 1.165) is 54.0 Å². The molecular weight excluding hydrogens is 424 g/mol. The van der Waals surface area contributed by atoms with Crippen molar-refractivity contribution >= 4 is 38.9 Å². The number of anilines is 1. The summed E-state index contributed by atoms with van der Waals surface area (Å²) in [5, 5.41) is 4.04. The number of halogens is 1. The van der Waals surface area contributed by atoms with E-state index in [2.05, 4.69) is 50.4 Å². The lowest BCUT2D eigenvalue weighted by Crippen LogP contribution is -2.39. The molecule has 0 aliphatic carbocycles. The fourth-order valence-electron chi connectivity index (χ4n) is 3.16. The first-order chi connectivity index (χ1) is 13.0. The molecule has 2 aromatic rings. The molecular formula is C21H25BrN2O2S. The van der Waals surface area contributed by atoms with Gasteiger partial charge in [-0.25, -0.2) is 0 Å². The molecule has 1 atom stereocenters. The SMILES string of the molecule is COc1cc(C)ccc1NC(=S)N(Cc1ccc(Br)cc1)CC1CCCO1. The molecule has 4 nitrogen and oxygen atoms in total. The lowest BCUT2D eigenvalue weighted by molar-refractivity contribution is 0.0905. The topological polar surface area (TPSA) is 33.7 Å². The minimum absolute atomic E-state index is 0.222. The van der Waals surface area contributed by atoms with E-state index in [0.29, 0.717) is 5.11 Å². The number of nitrogens with one attached hydrogen (secondary N) is 1. The Morgan fingerprint density at radius 2 is 2.07 bits per heavy atom. The van der Waals surface area contributed by atoms with Gasteiger partial charge in [0.15, 0.2) is 5.11 Å². The Kier molecular flexibility index (Phi) is 7.10. The first-order valence-corrected chi connectivity index (χ1v) is 10.3. The van der Waals surface area contributed by atoms with Crippen LogP contribution in [0.2, 0.25) is 0 Å². The number of ether oxygens (including phenoxy) is 2. The minimum Gasteiger partial charge on any atom is -0.495 e. The zero-order valence-electron chi connectivity index (χ0n) is 15.7. The Morgan fingerprint density at radius 1 is 1.30 bits per heavy atom. The standard InChI is InChI=1S/C21H25BrN2O2S/c1-15-5-10-19(20(12-15)25-2)23-21(27)24(14-18-4-3-11-26-18)13-16-6-8-17(22)9-7-16/h5-10,12,18H,3-4,11,13-14H2,1-2H3,(H,23,27). The second-order valence-corrected chi connectivity index (χ2v) is 8.08. The van der Waals surface area contributed by atoms with Gasteiger partial charge in [-0.3, -0.25) is 0 Å². The molecule has 27 heavy (non-hydrogen) atoms. The molecule has 0 spiro atoms. The van der Waals surface area contributed by atoms with Crippen LogP contribution in [-0.4, -0.2) is 36.4 Å². The molecule has 1 fully saturated rings. The summed E-state index contributed by atoms with van der Waals surface area (Å²) < 4.78 is 12.4. The second-order valence-electron chi connectivity index (χ2n) is 6.78. The average Bonchev–Trinajstić information content (AvgIpc) is 3.17. The molecule has 0 amide bonds. The van der Waals surface area contributed by atoms with Crippen LogP contribution in [0.3, 0.4) is 0 Å². The summed E-state index contributed by atoms with van der Waals surface area (Å²) >= 11 is 9.24. The Balaban J connectivity index is 1.76. The monoisotopic (exact) mass is 448 g/mol. The van der Waals surface area contributed by atoms with Gasteiger partial charge in [0.05, 0.1) is 18.9 Å². The molecule has 0 aromatic heterocycles.